The first kappa shape index (κ1) is 14.4. The van der Waals surface area contributed by atoms with Gasteiger partial charge in [-0.1, -0.05) is 24.6 Å². The van der Waals surface area contributed by atoms with E-state index in [1.807, 2.05) is 0 Å². The van der Waals surface area contributed by atoms with Gasteiger partial charge in [0.2, 0.25) is 0 Å². The van der Waals surface area contributed by atoms with Crippen LogP contribution in [0.15, 0.2) is 18.2 Å². The molecule has 0 amide bonds. The van der Waals surface area contributed by atoms with Crippen LogP contribution in [0, 0.1) is 6.92 Å². The summed E-state index contributed by atoms with van der Waals surface area (Å²) in [6.45, 7) is 10.1. The van der Waals surface area contributed by atoms with Crippen molar-refractivity contribution in [1.82, 2.24) is 10.2 Å². The lowest BCUT2D eigenvalue weighted by atomic mass is 9.99. The number of nitrogens with zero attached hydrogens (tertiary/aromatic N) is 1. The molecule has 0 bridgehead atoms. The van der Waals surface area contributed by atoms with Gasteiger partial charge < -0.3 is 10.1 Å². The molecule has 1 aliphatic heterocycles. The smallest absolute Gasteiger partial charge is 0.123 e. The number of nitrogens with one attached hydrogen (secondary N) is 1. The van der Waals surface area contributed by atoms with Gasteiger partial charge in [-0.05, 0) is 32.9 Å². The molecule has 1 N–H and O–H groups in total. The monoisotopic (exact) mass is 262 g/mol. The van der Waals surface area contributed by atoms with Gasteiger partial charge in [-0.15, -0.1) is 0 Å². The largest absolute Gasteiger partial charge is 0.496 e. The summed E-state index contributed by atoms with van der Waals surface area (Å²) in [6, 6.07) is 7.54. The fourth-order valence-electron chi connectivity index (χ4n) is 2.82. The summed E-state index contributed by atoms with van der Waals surface area (Å²) in [5, 5.41) is 3.37. The minimum absolute atomic E-state index is 0.405. The van der Waals surface area contributed by atoms with Gasteiger partial charge in [0.15, 0.2) is 0 Å². The quantitative estimate of drug-likeness (QED) is 0.853. The van der Waals surface area contributed by atoms with Gasteiger partial charge >= 0.3 is 0 Å². The molecule has 1 aromatic rings. The van der Waals surface area contributed by atoms with E-state index in [0.29, 0.717) is 12.1 Å². The Bertz CT molecular complexity index is 415. The standard InChI is InChI=1S/C16H26N2O/c1-5-8-18(14-10-17-11-14)13(3)15-9-12(2)6-7-16(15)19-4/h6-7,9,13-14,17H,5,8,10-11H2,1-4H3. The van der Waals surface area contributed by atoms with E-state index in [0.717, 1.165) is 25.4 Å². The third-order valence-corrected chi connectivity index (χ3v) is 4.04. The molecule has 0 aliphatic carbocycles. The van der Waals surface area contributed by atoms with Gasteiger partial charge in [0.25, 0.3) is 0 Å². The van der Waals surface area contributed by atoms with Crippen molar-refractivity contribution in [3.8, 4) is 5.75 Å². The van der Waals surface area contributed by atoms with Gasteiger partial charge in [-0.25, -0.2) is 0 Å². The number of benzene rings is 1. The Morgan fingerprint density at radius 2 is 2.16 bits per heavy atom. The summed E-state index contributed by atoms with van der Waals surface area (Å²) in [7, 11) is 1.76. The molecule has 1 saturated heterocycles. The maximum Gasteiger partial charge on any atom is 0.123 e. The van der Waals surface area contributed by atoms with Crippen LogP contribution in [-0.2, 0) is 0 Å². The van der Waals surface area contributed by atoms with E-state index >= 15 is 0 Å². The highest BCUT2D eigenvalue weighted by Crippen LogP contribution is 2.32. The summed E-state index contributed by atoms with van der Waals surface area (Å²) in [6.07, 6.45) is 1.19. The molecule has 1 atom stereocenters. The summed E-state index contributed by atoms with van der Waals surface area (Å²) in [5.41, 5.74) is 2.61. The molecule has 1 fully saturated rings. The predicted molar refractivity (Wildman–Crippen MR) is 79.8 cm³/mol. The summed E-state index contributed by atoms with van der Waals surface area (Å²) in [4.78, 5) is 2.60. The molecule has 19 heavy (non-hydrogen) atoms. The Morgan fingerprint density at radius 3 is 2.68 bits per heavy atom. The molecule has 2 rings (SSSR count). The number of ether oxygens (including phenoxy) is 1. The fraction of sp³-hybridized carbons (Fsp3) is 0.625. The van der Waals surface area contributed by atoms with Crippen molar-refractivity contribution in [1.29, 1.82) is 0 Å². The highest BCUT2D eigenvalue weighted by molar-refractivity contribution is 5.39. The number of aryl methyl sites for hydroxylation is 1. The minimum Gasteiger partial charge on any atom is -0.496 e. The topological polar surface area (TPSA) is 24.5 Å². The molecule has 106 valence electrons. The number of hydrogen-bond donors (Lipinski definition) is 1. The van der Waals surface area contributed by atoms with Crippen molar-refractivity contribution < 1.29 is 4.74 Å². The maximum absolute atomic E-state index is 5.54. The van der Waals surface area contributed by atoms with E-state index in [-0.39, 0.29) is 0 Å². The van der Waals surface area contributed by atoms with Crippen LogP contribution in [0.2, 0.25) is 0 Å². The lowest BCUT2D eigenvalue weighted by molar-refractivity contribution is 0.101. The van der Waals surface area contributed by atoms with Crippen LogP contribution in [0.3, 0.4) is 0 Å². The first-order valence-electron chi connectivity index (χ1n) is 7.28. The van der Waals surface area contributed by atoms with E-state index in [1.54, 1.807) is 7.11 Å². The molecular weight excluding hydrogens is 236 g/mol. The van der Waals surface area contributed by atoms with Crippen molar-refractivity contribution in [3.63, 3.8) is 0 Å². The van der Waals surface area contributed by atoms with Crippen molar-refractivity contribution in [2.45, 2.75) is 39.3 Å². The van der Waals surface area contributed by atoms with Crippen LogP contribution in [0.4, 0.5) is 0 Å². The zero-order valence-electron chi connectivity index (χ0n) is 12.6. The average molecular weight is 262 g/mol. The summed E-state index contributed by atoms with van der Waals surface area (Å²) in [5.74, 6) is 1.01. The van der Waals surface area contributed by atoms with Crippen molar-refractivity contribution in [3.05, 3.63) is 29.3 Å². The van der Waals surface area contributed by atoms with Crippen LogP contribution in [0.25, 0.3) is 0 Å². The van der Waals surface area contributed by atoms with Crippen LogP contribution < -0.4 is 10.1 Å². The van der Waals surface area contributed by atoms with E-state index in [4.69, 9.17) is 4.74 Å². The Balaban J connectivity index is 2.24. The van der Waals surface area contributed by atoms with Crippen molar-refractivity contribution in [2.24, 2.45) is 0 Å². The van der Waals surface area contributed by atoms with Crippen molar-refractivity contribution in [2.75, 3.05) is 26.7 Å². The zero-order valence-corrected chi connectivity index (χ0v) is 12.6. The highest BCUT2D eigenvalue weighted by Gasteiger charge is 2.29. The van der Waals surface area contributed by atoms with Gasteiger partial charge in [-0.2, -0.15) is 0 Å². The van der Waals surface area contributed by atoms with E-state index in [9.17, 15) is 0 Å². The number of hydrogen-bond acceptors (Lipinski definition) is 3. The second kappa shape index (κ2) is 6.40. The first-order chi connectivity index (χ1) is 9.17. The Hall–Kier alpha value is -1.06. The van der Waals surface area contributed by atoms with Gasteiger partial charge in [0, 0.05) is 30.7 Å². The van der Waals surface area contributed by atoms with Gasteiger partial charge in [-0.3, -0.25) is 4.90 Å². The van der Waals surface area contributed by atoms with E-state index in [2.05, 4.69) is 49.2 Å². The molecule has 1 aliphatic rings. The van der Waals surface area contributed by atoms with Gasteiger partial charge in [0.05, 0.1) is 7.11 Å². The van der Waals surface area contributed by atoms with Crippen molar-refractivity contribution >= 4 is 0 Å². The molecule has 1 aromatic carbocycles. The lowest BCUT2D eigenvalue weighted by Gasteiger charge is -2.42. The molecular formula is C16H26N2O. The van der Waals surface area contributed by atoms with E-state index in [1.165, 1.54) is 17.5 Å². The third kappa shape index (κ3) is 3.10. The molecule has 0 aromatic heterocycles. The minimum atomic E-state index is 0.405. The Kier molecular flexibility index (Phi) is 4.83. The molecule has 3 heteroatoms. The highest BCUT2D eigenvalue weighted by atomic mass is 16.5. The third-order valence-electron chi connectivity index (χ3n) is 4.04. The van der Waals surface area contributed by atoms with Gasteiger partial charge in [0.1, 0.15) is 5.75 Å². The maximum atomic E-state index is 5.54. The lowest BCUT2D eigenvalue weighted by Crippen LogP contribution is -2.57. The molecule has 3 nitrogen and oxygen atoms in total. The zero-order chi connectivity index (χ0) is 13.8. The summed E-state index contributed by atoms with van der Waals surface area (Å²) < 4.78 is 5.54. The first-order valence-corrected chi connectivity index (χ1v) is 7.28. The second-order valence-electron chi connectivity index (χ2n) is 5.47. The van der Waals surface area contributed by atoms with E-state index < -0.39 is 0 Å². The fourth-order valence-corrected chi connectivity index (χ4v) is 2.82. The SMILES string of the molecule is CCCN(C1CNC1)C(C)c1cc(C)ccc1OC. The second-order valence-corrected chi connectivity index (χ2v) is 5.47. The normalized spacial score (nSPS) is 17.3. The van der Waals surface area contributed by atoms with Crippen LogP contribution in [-0.4, -0.2) is 37.7 Å². The van der Waals surface area contributed by atoms with Crippen LogP contribution in [0.1, 0.15) is 37.4 Å². The molecule has 1 unspecified atom stereocenters. The molecule has 0 saturated carbocycles. The summed E-state index contributed by atoms with van der Waals surface area (Å²) >= 11 is 0. The Morgan fingerprint density at radius 1 is 1.42 bits per heavy atom. The van der Waals surface area contributed by atoms with Crippen LogP contribution >= 0.6 is 0 Å². The number of rotatable bonds is 6. The molecule has 0 spiro atoms. The average Bonchev–Trinajstić information content (AvgIpc) is 2.35. The van der Waals surface area contributed by atoms with Crippen LogP contribution in [0.5, 0.6) is 5.75 Å². The number of methoxy groups -OCH3 is 1. The predicted octanol–water partition coefficient (Wildman–Crippen LogP) is 2.75. The molecule has 0 radical (unpaired) electrons. The Labute approximate surface area is 116 Å². The molecule has 1 heterocycles.